The van der Waals surface area contributed by atoms with Crippen molar-refractivity contribution < 1.29 is 9.18 Å². The number of nitrogens with one attached hydrogen (secondary N) is 2. The van der Waals surface area contributed by atoms with Crippen LogP contribution in [0.15, 0.2) is 24.3 Å². The lowest BCUT2D eigenvalue weighted by Crippen LogP contribution is -2.45. The number of nitrogens with zero attached hydrogens (tertiary/aromatic N) is 1. The fourth-order valence-corrected chi connectivity index (χ4v) is 3.38. The Kier molecular flexibility index (Phi) is 6.17. The Balaban J connectivity index is 0.00000176. The van der Waals surface area contributed by atoms with Gasteiger partial charge in [-0.15, -0.1) is 12.4 Å². The Labute approximate surface area is 136 Å². The largest absolute Gasteiger partial charge is 0.326 e. The van der Waals surface area contributed by atoms with Crippen molar-refractivity contribution in [2.24, 2.45) is 5.92 Å². The maximum absolute atomic E-state index is 13.1. The SMILES string of the molecule is Cl.O=C(CCN1CCC2NCCC2C1)Nc1cccc(F)c1. The van der Waals surface area contributed by atoms with Crippen molar-refractivity contribution in [3.63, 3.8) is 0 Å². The van der Waals surface area contributed by atoms with E-state index >= 15 is 0 Å². The molecule has 2 aliphatic rings. The van der Waals surface area contributed by atoms with E-state index in [0.717, 1.165) is 32.1 Å². The molecule has 22 heavy (non-hydrogen) atoms. The molecule has 0 bridgehead atoms. The lowest BCUT2D eigenvalue weighted by Gasteiger charge is -2.34. The summed E-state index contributed by atoms with van der Waals surface area (Å²) in [6.45, 7) is 4.06. The zero-order valence-electron chi connectivity index (χ0n) is 12.6. The van der Waals surface area contributed by atoms with Crippen LogP contribution in [0.1, 0.15) is 19.3 Å². The van der Waals surface area contributed by atoms with Crippen molar-refractivity contribution in [1.29, 1.82) is 0 Å². The molecule has 0 aliphatic carbocycles. The predicted molar refractivity (Wildman–Crippen MR) is 87.8 cm³/mol. The summed E-state index contributed by atoms with van der Waals surface area (Å²) in [5.41, 5.74) is 0.527. The molecule has 2 N–H and O–H groups in total. The van der Waals surface area contributed by atoms with E-state index in [9.17, 15) is 9.18 Å². The van der Waals surface area contributed by atoms with Crippen LogP contribution in [0.3, 0.4) is 0 Å². The average Bonchev–Trinajstić information content (AvgIpc) is 2.92. The molecule has 2 fully saturated rings. The lowest BCUT2D eigenvalue weighted by atomic mass is 9.93. The Morgan fingerprint density at radius 2 is 2.27 bits per heavy atom. The van der Waals surface area contributed by atoms with Crippen LogP contribution in [0, 0.1) is 11.7 Å². The lowest BCUT2D eigenvalue weighted by molar-refractivity contribution is -0.116. The molecule has 0 spiro atoms. The molecule has 6 heteroatoms. The highest BCUT2D eigenvalue weighted by Gasteiger charge is 2.32. The van der Waals surface area contributed by atoms with Crippen LogP contribution in [0.5, 0.6) is 0 Å². The number of carbonyl (C=O) groups is 1. The van der Waals surface area contributed by atoms with Gasteiger partial charge in [0.1, 0.15) is 5.82 Å². The van der Waals surface area contributed by atoms with Crippen molar-refractivity contribution in [2.45, 2.75) is 25.3 Å². The summed E-state index contributed by atoms with van der Waals surface area (Å²) in [5, 5.41) is 6.29. The number of hydrogen-bond donors (Lipinski definition) is 2. The average molecular weight is 328 g/mol. The van der Waals surface area contributed by atoms with E-state index in [1.807, 2.05) is 0 Å². The topological polar surface area (TPSA) is 44.4 Å². The van der Waals surface area contributed by atoms with Gasteiger partial charge in [0, 0.05) is 31.2 Å². The van der Waals surface area contributed by atoms with Gasteiger partial charge < -0.3 is 15.5 Å². The second-order valence-electron chi connectivity index (χ2n) is 6.01. The Hall–Kier alpha value is -1.17. The first-order valence-corrected chi connectivity index (χ1v) is 7.72. The van der Waals surface area contributed by atoms with Crippen LogP contribution in [-0.2, 0) is 4.79 Å². The van der Waals surface area contributed by atoms with Gasteiger partial charge in [-0.1, -0.05) is 6.07 Å². The van der Waals surface area contributed by atoms with Crippen molar-refractivity contribution >= 4 is 24.0 Å². The molecule has 2 aliphatic heterocycles. The highest BCUT2D eigenvalue weighted by molar-refractivity contribution is 5.90. The zero-order valence-corrected chi connectivity index (χ0v) is 13.4. The Morgan fingerprint density at radius 3 is 3.09 bits per heavy atom. The van der Waals surface area contributed by atoms with Gasteiger partial charge in [-0.3, -0.25) is 4.79 Å². The van der Waals surface area contributed by atoms with Crippen LogP contribution in [-0.4, -0.2) is 43.0 Å². The maximum Gasteiger partial charge on any atom is 0.225 e. The third-order valence-electron chi connectivity index (χ3n) is 4.50. The van der Waals surface area contributed by atoms with Crippen LogP contribution in [0.2, 0.25) is 0 Å². The summed E-state index contributed by atoms with van der Waals surface area (Å²) in [6.07, 6.45) is 2.88. The molecule has 0 radical (unpaired) electrons. The van der Waals surface area contributed by atoms with E-state index in [2.05, 4.69) is 15.5 Å². The van der Waals surface area contributed by atoms with E-state index in [-0.39, 0.29) is 24.1 Å². The third kappa shape index (κ3) is 4.41. The van der Waals surface area contributed by atoms with Crippen LogP contribution < -0.4 is 10.6 Å². The molecule has 2 saturated heterocycles. The number of halogens is 2. The number of rotatable bonds is 4. The number of benzene rings is 1. The Morgan fingerprint density at radius 1 is 1.41 bits per heavy atom. The first-order valence-electron chi connectivity index (χ1n) is 7.72. The smallest absolute Gasteiger partial charge is 0.225 e. The molecule has 1 aromatic rings. The fraction of sp³-hybridized carbons (Fsp3) is 0.562. The number of likely N-dealkylation sites (tertiary alicyclic amines) is 1. The van der Waals surface area contributed by atoms with Gasteiger partial charge >= 0.3 is 0 Å². The van der Waals surface area contributed by atoms with E-state index in [4.69, 9.17) is 0 Å². The molecular weight excluding hydrogens is 305 g/mol. The number of anilines is 1. The summed E-state index contributed by atoms with van der Waals surface area (Å²) in [5.74, 6) is 0.362. The van der Waals surface area contributed by atoms with Gasteiger partial charge in [0.2, 0.25) is 5.91 Å². The van der Waals surface area contributed by atoms with Gasteiger partial charge in [0.15, 0.2) is 0 Å². The van der Waals surface area contributed by atoms with E-state index in [0.29, 0.717) is 18.2 Å². The minimum absolute atomic E-state index is 0. The van der Waals surface area contributed by atoms with Crippen LogP contribution in [0.4, 0.5) is 10.1 Å². The summed E-state index contributed by atoms with van der Waals surface area (Å²) in [6, 6.07) is 6.70. The van der Waals surface area contributed by atoms with E-state index in [1.165, 1.54) is 25.0 Å². The third-order valence-corrected chi connectivity index (χ3v) is 4.50. The highest BCUT2D eigenvalue weighted by atomic mass is 35.5. The predicted octanol–water partition coefficient (Wildman–Crippen LogP) is 2.26. The van der Waals surface area contributed by atoms with E-state index in [1.54, 1.807) is 12.1 Å². The number of hydrogen-bond acceptors (Lipinski definition) is 3. The monoisotopic (exact) mass is 327 g/mol. The highest BCUT2D eigenvalue weighted by Crippen LogP contribution is 2.24. The number of amides is 1. The quantitative estimate of drug-likeness (QED) is 0.891. The van der Waals surface area contributed by atoms with Gasteiger partial charge in [0.25, 0.3) is 0 Å². The standard InChI is InChI=1S/C16H22FN3O.ClH/c17-13-2-1-3-14(10-13)19-16(21)6-9-20-8-5-15-12(11-20)4-7-18-15;/h1-3,10,12,15,18H,4-9,11H2,(H,19,21);1H. The molecule has 2 heterocycles. The maximum atomic E-state index is 13.1. The molecule has 4 nitrogen and oxygen atoms in total. The molecule has 122 valence electrons. The summed E-state index contributed by atoms with van der Waals surface area (Å²) in [7, 11) is 0. The summed E-state index contributed by atoms with van der Waals surface area (Å²) >= 11 is 0. The number of carbonyl (C=O) groups excluding carboxylic acids is 1. The van der Waals surface area contributed by atoms with Gasteiger partial charge in [-0.05, 0) is 50.0 Å². The normalized spacial score (nSPS) is 24.4. The van der Waals surface area contributed by atoms with Crippen LogP contribution >= 0.6 is 12.4 Å². The zero-order chi connectivity index (χ0) is 14.7. The molecule has 1 aromatic carbocycles. The van der Waals surface area contributed by atoms with Crippen molar-refractivity contribution in [1.82, 2.24) is 10.2 Å². The molecular formula is C16H23ClFN3O. The fourth-order valence-electron chi connectivity index (χ4n) is 3.38. The van der Waals surface area contributed by atoms with Crippen molar-refractivity contribution in [3.05, 3.63) is 30.1 Å². The van der Waals surface area contributed by atoms with Gasteiger partial charge in [-0.2, -0.15) is 0 Å². The minimum atomic E-state index is -0.330. The minimum Gasteiger partial charge on any atom is -0.326 e. The molecule has 2 unspecified atom stereocenters. The first-order chi connectivity index (χ1) is 10.2. The molecule has 0 aromatic heterocycles. The molecule has 2 atom stereocenters. The van der Waals surface area contributed by atoms with E-state index < -0.39 is 0 Å². The van der Waals surface area contributed by atoms with Gasteiger partial charge in [-0.25, -0.2) is 4.39 Å². The van der Waals surface area contributed by atoms with Crippen LogP contribution in [0.25, 0.3) is 0 Å². The van der Waals surface area contributed by atoms with Crippen molar-refractivity contribution in [3.8, 4) is 0 Å². The van der Waals surface area contributed by atoms with Crippen molar-refractivity contribution in [2.75, 3.05) is 31.5 Å². The molecule has 1 amide bonds. The number of fused-ring (bicyclic) bond motifs is 1. The second-order valence-corrected chi connectivity index (χ2v) is 6.01. The number of piperidine rings is 1. The summed E-state index contributed by atoms with van der Waals surface area (Å²) < 4.78 is 13.1. The Bertz CT molecular complexity index is 514. The molecule has 0 saturated carbocycles. The second kappa shape index (κ2) is 7.90. The summed E-state index contributed by atoms with van der Waals surface area (Å²) in [4.78, 5) is 14.3. The van der Waals surface area contributed by atoms with Gasteiger partial charge in [0.05, 0.1) is 0 Å². The first kappa shape index (κ1) is 17.2. The molecule has 3 rings (SSSR count).